The molecule has 0 atom stereocenters. The monoisotopic (exact) mass is 397 g/mol. The van der Waals surface area contributed by atoms with Crippen LogP contribution in [-0.2, 0) is 16.1 Å². The third kappa shape index (κ3) is 4.03. The smallest absolute Gasteiger partial charge is 0.326 e. The maximum absolute atomic E-state index is 13.3. The molecule has 0 aliphatic heterocycles. The molecule has 0 fully saturated rings. The molecule has 0 aliphatic rings. The van der Waals surface area contributed by atoms with Crippen molar-refractivity contribution in [2.45, 2.75) is 13.5 Å². The van der Waals surface area contributed by atoms with Gasteiger partial charge in [0.2, 0.25) is 0 Å². The molecule has 0 spiro atoms. The van der Waals surface area contributed by atoms with E-state index in [2.05, 4.69) is 0 Å². The third-order valence-corrected chi connectivity index (χ3v) is 4.60. The number of nitrogens with zero attached hydrogens (tertiary/aromatic N) is 1. The van der Waals surface area contributed by atoms with Gasteiger partial charge in [-0.3, -0.25) is 14.2 Å². The van der Waals surface area contributed by atoms with Crippen molar-refractivity contribution in [1.29, 1.82) is 0 Å². The Hall–Kier alpha value is -3.48. The SMILES string of the molecule is CCOC(=O)Cn1c(=O)c(-c2ccc(OC)cc2)cc2c(OC)cc(OC)cc21. The topological polar surface area (TPSA) is 76.0 Å². The Morgan fingerprint density at radius 2 is 1.62 bits per heavy atom. The summed E-state index contributed by atoms with van der Waals surface area (Å²) in [6, 6.07) is 12.4. The van der Waals surface area contributed by atoms with Crippen LogP contribution in [0.2, 0.25) is 0 Å². The first-order valence-electron chi connectivity index (χ1n) is 9.12. The summed E-state index contributed by atoms with van der Waals surface area (Å²) < 4.78 is 22.5. The zero-order valence-electron chi connectivity index (χ0n) is 16.9. The minimum absolute atomic E-state index is 0.219. The van der Waals surface area contributed by atoms with E-state index in [4.69, 9.17) is 18.9 Å². The molecule has 3 aromatic rings. The van der Waals surface area contributed by atoms with Crippen molar-refractivity contribution in [3.63, 3.8) is 0 Å². The van der Waals surface area contributed by atoms with E-state index in [1.165, 1.54) is 11.7 Å². The summed E-state index contributed by atoms with van der Waals surface area (Å²) in [4.78, 5) is 25.5. The van der Waals surface area contributed by atoms with Crippen molar-refractivity contribution in [3.05, 3.63) is 52.8 Å². The predicted octanol–water partition coefficient (Wildman–Crippen LogP) is 3.26. The van der Waals surface area contributed by atoms with E-state index in [9.17, 15) is 9.59 Å². The highest BCUT2D eigenvalue weighted by atomic mass is 16.5. The number of carbonyl (C=O) groups excluding carboxylic acids is 1. The fraction of sp³-hybridized carbons (Fsp3) is 0.273. The molecule has 7 nitrogen and oxygen atoms in total. The van der Waals surface area contributed by atoms with Gasteiger partial charge in [-0.1, -0.05) is 12.1 Å². The predicted molar refractivity (Wildman–Crippen MR) is 110 cm³/mol. The van der Waals surface area contributed by atoms with Crippen molar-refractivity contribution in [1.82, 2.24) is 4.57 Å². The maximum Gasteiger partial charge on any atom is 0.326 e. The second kappa shape index (κ2) is 8.68. The lowest BCUT2D eigenvalue weighted by Gasteiger charge is -2.16. The molecule has 152 valence electrons. The number of ether oxygens (including phenoxy) is 4. The van der Waals surface area contributed by atoms with Gasteiger partial charge in [0.1, 0.15) is 23.8 Å². The largest absolute Gasteiger partial charge is 0.497 e. The average molecular weight is 397 g/mol. The van der Waals surface area contributed by atoms with Gasteiger partial charge in [-0.05, 0) is 30.7 Å². The number of hydrogen-bond acceptors (Lipinski definition) is 6. The second-order valence-corrected chi connectivity index (χ2v) is 6.25. The minimum atomic E-state index is -0.496. The van der Waals surface area contributed by atoms with Gasteiger partial charge in [0, 0.05) is 23.1 Å². The molecule has 0 amide bonds. The van der Waals surface area contributed by atoms with Crippen LogP contribution in [0.25, 0.3) is 22.0 Å². The van der Waals surface area contributed by atoms with Crippen LogP contribution in [0, 0.1) is 0 Å². The number of fused-ring (bicyclic) bond motifs is 1. The first kappa shape index (κ1) is 20.3. The second-order valence-electron chi connectivity index (χ2n) is 6.25. The lowest BCUT2D eigenvalue weighted by Crippen LogP contribution is -2.27. The standard InChI is InChI=1S/C22H23NO6/c1-5-29-21(24)13-23-19-10-16(27-3)11-20(28-4)18(19)12-17(22(23)25)14-6-8-15(26-2)9-7-14/h6-12H,5,13H2,1-4H3. The maximum atomic E-state index is 13.3. The highest BCUT2D eigenvalue weighted by molar-refractivity contribution is 5.91. The van der Waals surface area contributed by atoms with Crippen LogP contribution >= 0.6 is 0 Å². The quantitative estimate of drug-likeness (QED) is 0.570. The van der Waals surface area contributed by atoms with Crippen LogP contribution in [0.4, 0.5) is 0 Å². The molecule has 1 aromatic heterocycles. The van der Waals surface area contributed by atoms with Gasteiger partial charge in [0.05, 0.1) is 33.5 Å². The molecular formula is C22H23NO6. The molecule has 0 bridgehead atoms. The van der Waals surface area contributed by atoms with Gasteiger partial charge >= 0.3 is 5.97 Å². The van der Waals surface area contributed by atoms with Gasteiger partial charge in [-0.15, -0.1) is 0 Å². The molecule has 2 aromatic carbocycles. The van der Waals surface area contributed by atoms with Gasteiger partial charge < -0.3 is 18.9 Å². The lowest BCUT2D eigenvalue weighted by molar-refractivity contribution is -0.143. The normalized spacial score (nSPS) is 10.6. The zero-order valence-corrected chi connectivity index (χ0v) is 16.9. The number of methoxy groups -OCH3 is 3. The summed E-state index contributed by atoms with van der Waals surface area (Å²) in [7, 11) is 4.65. The Morgan fingerprint density at radius 3 is 2.21 bits per heavy atom. The summed E-state index contributed by atoms with van der Waals surface area (Å²) in [6.45, 7) is 1.73. The number of esters is 1. The Morgan fingerprint density at radius 1 is 0.931 bits per heavy atom. The first-order valence-corrected chi connectivity index (χ1v) is 9.12. The highest BCUT2D eigenvalue weighted by Crippen LogP contribution is 2.33. The molecule has 3 rings (SSSR count). The summed E-state index contributed by atoms with van der Waals surface area (Å²) >= 11 is 0. The minimum Gasteiger partial charge on any atom is -0.497 e. The average Bonchev–Trinajstić information content (AvgIpc) is 2.75. The summed E-state index contributed by atoms with van der Waals surface area (Å²) in [6.07, 6.45) is 0. The Bertz CT molecular complexity index is 1090. The molecule has 0 N–H and O–H groups in total. The Labute approximate surface area is 168 Å². The van der Waals surface area contributed by atoms with E-state index in [-0.39, 0.29) is 18.7 Å². The van der Waals surface area contributed by atoms with Gasteiger partial charge in [0.25, 0.3) is 5.56 Å². The summed E-state index contributed by atoms with van der Waals surface area (Å²) in [5.41, 5.74) is 1.35. The third-order valence-electron chi connectivity index (χ3n) is 4.60. The van der Waals surface area contributed by atoms with Crippen LogP contribution in [0.3, 0.4) is 0 Å². The summed E-state index contributed by atoms with van der Waals surface area (Å²) in [5.74, 6) is 1.24. The molecule has 7 heteroatoms. The molecule has 1 heterocycles. The van der Waals surface area contributed by atoms with Crippen LogP contribution in [0.5, 0.6) is 17.2 Å². The van der Waals surface area contributed by atoms with Gasteiger partial charge in [-0.2, -0.15) is 0 Å². The Kier molecular flexibility index (Phi) is 6.07. The zero-order chi connectivity index (χ0) is 21.0. The first-order chi connectivity index (χ1) is 14.0. The number of pyridine rings is 1. The van der Waals surface area contributed by atoms with Crippen molar-refractivity contribution in [3.8, 4) is 28.4 Å². The van der Waals surface area contributed by atoms with Crippen molar-refractivity contribution in [2.75, 3.05) is 27.9 Å². The fourth-order valence-corrected chi connectivity index (χ4v) is 3.17. The number of carbonyl (C=O) groups is 1. The number of hydrogen-bond donors (Lipinski definition) is 0. The fourth-order valence-electron chi connectivity index (χ4n) is 3.17. The molecule has 0 radical (unpaired) electrons. The van der Waals surface area contributed by atoms with E-state index >= 15 is 0 Å². The van der Waals surface area contributed by atoms with E-state index in [1.54, 1.807) is 63.6 Å². The van der Waals surface area contributed by atoms with Crippen LogP contribution in [0.15, 0.2) is 47.3 Å². The molecule has 29 heavy (non-hydrogen) atoms. The number of aromatic nitrogens is 1. The van der Waals surface area contributed by atoms with E-state index in [0.29, 0.717) is 39.3 Å². The van der Waals surface area contributed by atoms with Gasteiger partial charge in [-0.25, -0.2) is 0 Å². The van der Waals surface area contributed by atoms with Crippen molar-refractivity contribution < 1.29 is 23.7 Å². The number of rotatable bonds is 7. The molecule has 0 aliphatic carbocycles. The van der Waals surface area contributed by atoms with E-state index < -0.39 is 5.97 Å². The number of benzene rings is 2. The van der Waals surface area contributed by atoms with Crippen LogP contribution in [0.1, 0.15) is 6.92 Å². The summed E-state index contributed by atoms with van der Waals surface area (Å²) in [5, 5.41) is 0.683. The van der Waals surface area contributed by atoms with Gasteiger partial charge in [0.15, 0.2) is 0 Å². The van der Waals surface area contributed by atoms with Crippen LogP contribution in [-0.4, -0.2) is 38.5 Å². The molecule has 0 unspecified atom stereocenters. The van der Waals surface area contributed by atoms with Crippen molar-refractivity contribution in [2.24, 2.45) is 0 Å². The lowest BCUT2D eigenvalue weighted by atomic mass is 10.0. The van der Waals surface area contributed by atoms with Crippen LogP contribution < -0.4 is 19.8 Å². The van der Waals surface area contributed by atoms with E-state index in [1.807, 2.05) is 0 Å². The Balaban J connectivity index is 2.30. The molecular weight excluding hydrogens is 374 g/mol. The molecule has 0 saturated heterocycles. The van der Waals surface area contributed by atoms with Crippen molar-refractivity contribution >= 4 is 16.9 Å². The molecule has 0 saturated carbocycles. The highest BCUT2D eigenvalue weighted by Gasteiger charge is 2.18. The van der Waals surface area contributed by atoms with E-state index in [0.717, 1.165) is 0 Å².